The van der Waals surface area contributed by atoms with Gasteiger partial charge in [0.15, 0.2) is 0 Å². The van der Waals surface area contributed by atoms with Crippen molar-refractivity contribution in [1.29, 1.82) is 0 Å². The third kappa shape index (κ3) is 4.31. The van der Waals surface area contributed by atoms with Crippen molar-refractivity contribution in [2.24, 2.45) is 5.73 Å². The molecule has 1 aliphatic rings. The predicted octanol–water partition coefficient (Wildman–Crippen LogP) is 0.993. The van der Waals surface area contributed by atoms with Crippen LogP contribution in [0.4, 0.5) is 0 Å². The number of carboxylic acids is 1. The van der Waals surface area contributed by atoms with Crippen molar-refractivity contribution in [3.63, 3.8) is 0 Å². The van der Waals surface area contributed by atoms with E-state index in [1.54, 1.807) is 0 Å². The Balaban J connectivity index is 1.92. The number of nitrogens with two attached hydrogens (primary N) is 1. The first-order valence-corrected chi connectivity index (χ1v) is 6.51. The molecule has 0 saturated carbocycles. The lowest BCUT2D eigenvalue weighted by molar-refractivity contribution is -0.137. The molecule has 1 fully saturated rings. The lowest BCUT2D eigenvalue weighted by atomic mass is 10.0. The van der Waals surface area contributed by atoms with Crippen LogP contribution >= 0.6 is 0 Å². The fraction of sp³-hybridized carbons (Fsp3) is 0.500. The summed E-state index contributed by atoms with van der Waals surface area (Å²) in [5.41, 5.74) is 7.91. The molecule has 19 heavy (non-hydrogen) atoms. The van der Waals surface area contributed by atoms with Crippen LogP contribution in [0.15, 0.2) is 24.3 Å². The fourth-order valence-electron chi connectivity index (χ4n) is 2.19. The molecule has 1 heterocycles. The zero-order valence-electron chi connectivity index (χ0n) is 10.9. The largest absolute Gasteiger partial charge is 0.481 e. The van der Waals surface area contributed by atoms with Gasteiger partial charge in [-0.15, -0.1) is 0 Å². The Morgan fingerprint density at radius 1 is 1.32 bits per heavy atom. The second-order valence-electron chi connectivity index (χ2n) is 4.83. The summed E-state index contributed by atoms with van der Waals surface area (Å²) in [5, 5.41) is 8.72. The van der Waals surface area contributed by atoms with Crippen molar-refractivity contribution in [1.82, 2.24) is 4.90 Å². The van der Waals surface area contributed by atoms with Gasteiger partial charge in [-0.2, -0.15) is 0 Å². The average molecular weight is 264 g/mol. The zero-order valence-corrected chi connectivity index (χ0v) is 10.9. The van der Waals surface area contributed by atoms with Gasteiger partial charge < -0.3 is 15.6 Å². The molecule has 5 heteroatoms. The normalized spacial score (nSPS) is 18.2. The van der Waals surface area contributed by atoms with Crippen LogP contribution in [0.2, 0.25) is 0 Å². The van der Waals surface area contributed by atoms with E-state index in [0.717, 1.165) is 38.4 Å². The number of carboxylic acid groups (broad SMARTS) is 1. The van der Waals surface area contributed by atoms with Crippen LogP contribution in [0.3, 0.4) is 0 Å². The van der Waals surface area contributed by atoms with E-state index in [9.17, 15) is 4.79 Å². The molecule has 3 N–H and O–H groups in total. The second kappa shape index (κ2) is 6.65. The van der Waals surface area contributed by atoms with Gasteiger partial charge in [0.1, 0.15) is 0 Å². The molecule has 1 unspecified atom stereocenters. The Labute approximate surface area is 113 Å². The van der Waals surface area contributed by atoms with Gasteiger partial charge in [0.2, 0.25) is 0 Å². The van der Waals surface area contributed by atoms with E-state index < -0.39 is 12.0 Å². The maximum absolute atomic E-state index is 10.6. The van der Waals surface area contributed by atoms with E-state index in [0.29, 0.717) is 0 Å². The molecule has 2 rings (SSSR count). The van der Waals surface area contributed by atoms with Crippen LogP contribution in [0.1, 0.15) is 23.6 Å². The first-order valence-electron chi connectivity index (χ1n) is 6.51. The number of hydrogen-bond donors (Lipinski definition) is 2. The van der Waals surface area contributed by atoms with Gasteiger partial charge in [0.25, 0.3) is 0 Å². The van der Waals surface area contributed by atoms with E-state index in [1.807, 2.05) is 24.3 Å². The summed E-state index contributed by atoms with van der Waals surface area (Å²) < 4.78 is 5.31. The molecule has 0 amide bonds. The monoisotopic (exact) mass is 264 g/mol. The molecular weight excluding hydrogens is 244 g/mol. The first-order chi connectivity index (χ1) is 9.15. The van der Waals surface area contributed by atoms with Crippen LogP contribution in [0, 0.1) is 0 Å². The van der Waals surface area contributed by atoms with Crippen molar-refractivity contribution in [2.75, 3.05) is 26.3 Å². The third-order valence-electron chi connectivity index (χ3n) is 3.31. The molecule has 0 aromatic heterocycles. The van der Waals surface area contributed by atoms with Crippen molar-refractivity contribution < 1.29 is 14.6 Å². The fourth-order valence-corrected chi connectivity index (χ4v) is 2.19. The maximum Gasteiger partial charge on any atom is 0.305 e. The summed E-state index contributed by atoms with van der Waals surface area (Å²) in [6, 6.07) is 7.45. The van der Waals surface area contributed by atoms with Crippen molar-refractivity contribution >= 4 is 5.97 Å². The molecule has 1 aliphatic heterocycles. The van der Waals surface area contributed by atoms with Crippen molar-refractivity contribution in [3.05, 3.63) is 35.4 Å². The molecule has 0 radical (unpaired) electrons. The van der Waals surface area contributed by atoms with Crippen LogP contribution in [-0.4, -0.2) is 42.3 Å². The Morgan fingerprint density at radius 2 is 1.95 bits per heavy atom. The minimum atomic E-state index is -0.870. The molecule has 1 saturated heterocycles. The number of rotatable bonds is 5. The Morgan fingerprint density at radius 3 is 2.53 bits per heavy atom. The number of ether oxygens (including phenoxy) is 1. The molecule has 5 nitrogen and oxygen atoms in total. The summed E-state index contributed by atoms with van der Waals surface area (Å²) >= 11 is 0. The van der Waals surface area contributed by atoms with Gasteiger partial charge in [-0.3, -0.25) is 9.69 Å². The standard InChI is InChI=1S/C14H20N2O3/c15-13(9-14(17)18)12-3-1-11(2-4-12)10-16-5-7-19-8-6-16/h1-4,13H,5-10,15H2,(H,17,18). The van der Waals surface area contributed by atoms with Gasteiger partial charge >= 0.3 is 5.97 Å². The number of carbonyl (C=O) groups is 1. The molecule has 1 aromatic carbocycles. The second-order valence-corrected chi connectivity index (χ2v) is 4.83. The molecule has 0 bridgehead atoms. The molecule has 1 aromatic rings. The van der Waals surface area contributed by atoms with E-state index >= 15 is 0 Å². The number of hydrogen-bond acceptors (Lipinski definition) is 4. The SMILES string of the molecule is NC(CC(=O)O)c1ccc(CN2CCOCC2)cc1. The highest BCUT2D eigenvalue weighted by atomic mass is 16.5. The van der Waals surface area contributed by atoms with Crippen molar-refractivity contribution in [3.8, 4) is 0 Å². The van der Waals surface area contributed by atoms with Gasteiger partial charge in [0, 0.05) is 25.7 Å². The summed E-state index contributed by atoms with van der Waals surface area (Å²) in [5.74, 6) is -0.870. The highest BCUT2D eigenvalue weighted by molar-refractivity contribution is 5.67. The lowest BCUT2D eigenvalue weighted by Crippen LogP contribution is -2.35. The van der Waals surface area contributed by atoms with Gasteiger partial charge in [-0.05, 0) is 11.1 Å². The topological polar surface area (TPSA) is 75.8 Å². The summed E-state index contributed by atoms with van der Waals surface area (Å²) in [4.78, 5) is 13.0. The van der Waals surface area contributed by atoms with Gasteiger partial charge in [-0.25, -0.2) is 0 Å². The minimum absolute atomic E-state index is 0.0389. The summed E-state index contributed by atoms with van der Waals surface area (Å²) in [6.07, 6.45) is -0.0389. The molecular formula is C14H20N2O3. The van der Waals surface area contributed by atoms with E-state index in [1.165, 1.54) is 5.56 Å². The highest BCUT2D eigenvalue weighted by Gasteiger charge is 2.12. The molecule has 104 valence electrons. The van der Waals surface area contributed by atoms with Crippen LogP contribution in [-0.2, 0) is 16.1 Å². The van der Waals surface area contributed by atoms with Gasteiger partial charge in [0.05, 0.1) is 19.6 Å². The average Bonchev–Trinajstić information content (AvgIpc) is 2.40. The highest BCUT2D eigenvalue weighted by Crippen LogP contribution is 2.16. The number of aliphatic carboxylic acids is 1. The van der Waals surface area contributed by atoms with Crippen LogP contribution < -0.4 is 5.73 Å². The van der Waals surface area contributed by atoms with Crippen LogP contribution in [0.5, 0.6) is 0 Å². The Hall–Kier alpha value is -1.43. The Kier molecular flexibility index (Phi) is 4.90. The number of nitrogens with zero attached hydrogens (tertiary/aromatic N) is 1. The predicted molar refractivity (Wildman–Crippen MR) is 71.7 cm³/mol. The minimum Gasteiger partial charge on any atom is -0.481 e. The van der Waals surface area contributed by atoms with E-state index in [2.05, 4.69) is 4.90 Å². The lowest BCUT2D eigenvalue weighted by Gasteiger charge is -2.26. The van der Waals surface area contributed by atoms with Gasteiger partial charge in [-0.1, -0.05) is 24.3 Å². The first kappa shape index (κ1) is 14.0. The van der Waals surface area contributed by atoms with Crippen molar-refractivity contribution in [2.45, 2.75) is 19.0 Å². The molecule has 0 spiro atoms. The summed E-state index contributed by atoms with van der Waals surface area (Å²) in [6.45, 7) is 4.40. The zero-order chi connectivity index (χ0) is 13.7. The number of benzene rings is 1. The Bertz CT molecular complexity index is 413. The van der Waals surface area contributed by atoms with E-state index in [4.69, 9.17) is 15.6 Å². The quantitative estimate of drug-likeness (QED) is 0.829. The van der Waals surface area contributed by atoms with Crippen LogP contribution in [0.25, 0.3) is 0 Å². The molecule has 0 aliphatic carbocycles. The number of morpholine rings is 1. The van der Waals surface area contributed by atoms with E-state index in [-0.39, 0.29) is 6.42 Å². The summed E-state index contributed by atoms with van der Waals surface area (Å²) in [7, 11) is 0. The smallest absolute Gasteiger partial charge is 0.305 e. The maximum atomic E-state index is 10.6. The third-order valence-corrected chi connectivity index (χ3v) is 3.31. The molecule has 1 atom stereocenters.